The van der Waals surface area contributed by atoms with E-state index in [1.54, 1.807) is 0 Å². The van der Waals surface area contributed by atoms with E-state index < -0.39 is 0 Å². The molecular weight excluding hydrogens is 330 g/mol. The molecule has 0 radical (unpaired) electrons. The van der Waals surface area contributed by atoms with Crippen molar-refractivity contribution in [3.05, 3.63) is 83.7 Å². The first-order valence-electron chi connectivity index (χ1n) is 10.4. The van der Waals surface area contributed by atoms with Crippen molar-refractivity contribution in [1.29, 1.82) is 0 Å². The summed E-state index contributed by atoms with van der Waals surface area (Å²) in [6.07, 6.45) is 11.3. The number of hydrogen-bond acceptors (Lipinski definition) is 1. The van der Waals surface area contributed by atoms with E-state index in [-0.39, 0.29) is 0 Å². The summed E-state index contributed by atoms with van der Waals surface area (Å²) in [5, 5.41) is 4.86. The van der Waals surface area contributed by atoms with Gasteiger partial charge in [0.1, 0.15) is 13.1 Å². The van der Waals surface area contributed by atoms with E-state index >= 15 is 0 Å². The summed E-state index contributed by atoms with van der Waals surface area (Å²) in [7, 11) is 0. The molecule has 0 amide bonds. The highest BCUT2D eigenvalue weighted by molar-refractivity contribution is 5.15. The van der Waals surface area contributed by atoms with Gasteiger partial charge in [-0.05, 0) is 17.5 Å². The molecule has 0 saturated carbocycles. The molecule has 0 atom stereocenters. The molecule has 0 bridgehead atoms. The lowest BCUT2D eigenvalue weighted by atomic mass is 10.1. The second-order valence-corrected chi connectivity index (χ2v) is 7.35. The standard InChI is InChI=1S/C24H32N3/c1-2-3-4-5-6-13-18-24-21-26(19-22-14-9-7-10-15-22)25-27(24)20-23-16-11-8-12-17-23/h7-12,14-17,21H,2-6,13,18-20H2,1H3/q+1. The van der Waals surface area contributed by atoms with E-state index in [1.807, 2.05) is 0 Å². The molecule has 3 aromatic rings. The third kappa shape index (κ3) is 6.35. The van der Waals surface area contributed by atoms with Gasteiger partial charge in [0.15, 0.2) is 11.9 Å². The molecule has 142 valence electrons. The first-order valence-corrected chi connectivity index (χ1v) is 10.4. The van der Waals surface area contributed by atoms with E-state index in [0.717, 1.165) is 19.5 Å². The summed E-state index contributed by atoms with van der Waals surface area (Å²) < 4.78 is 4.27. The molecule has 2 aromatic carbocycles. The smallest absolute Gasteiger partial charge is 0.133 e. The molecule has 0 aliphatic heterocycles. The lowest BCUT2D eigenvalue weighted by Crippen LogP contribution is -2.36. The second kappa shape index (κ2) is 10.7. The molecule has 0 unspecified atom stereocenters. The minimum atomic E-state index is 0.826. The predicted molar refractivity (Wildman–Crippen MR) is 111 cm³/mol. The van der Waals surface area contributed by atoms with Crippen molar-refractivity contribution in [2.75, 3.05) is 0 Å². The van der Waals surface area contributed by atoms with E-state index in [2.05, 4.69) is 83.1 Å². The van der Waals surface area contributed by atoms with Crippen molar-refractivity contribution in [2.24, 2.45) is 0 Å². The lowest BCUT2D eigenvalue weighted by molar-refractivity contribution is -0.747. The Balaban J connectivity index is 1.66. The Morgan fingerprint density at radius 1 is 0.778 bits per heavy atom. The van der Waals surface area contributed by atoms with Gasteiger partial charge in [-0.15, -0.1) is 9.36 Å². The molecule has 1 heterocycles. The zero-order valence-electron chi connectivity index (χ0n) is 16.6. The summed E-state index contributed by atoms with van der Waals surface area (Å²) in [5.41, 5.74) is 3.93. The summed E-state index contributed by atoms with van der Waals surface area (Å²) in [4.78, 5) is 0. The molecule has 27 heavy (non-hydrogen) atoms. The van der Waals surface area contributed by atoms with Crippen LogP contribution in [-0.4, -0.2) is 9.90 Å². The fraction of sp³-hybridized carbons (Fsp3) is 0.417. The first kappa shape index (κ1) is 19.3. The van der Waals surface area contributed by atoms with Crippen LogP contribution >= 0.6 is 0 Å². The second-order valence-electron chi connectivity index (χ2n) is 7.35. The predicted octanol–water partition coefficient (Wildman–Crippen LogP) is 5.17. The van der Waals surface area contributed by atoms with Crippen LogP contribution in [0, 0.1) is 0 Å². The van der Waals surface area contributed by atoms with Gasteiger partial charge in [0.25, 0.3) is 0 Å². The molecule has 0 aliphatic carbocycles. The largest absolute Gasteiger partial charge is 0.168 e. The van der Waals surface area contributed by atoms with Gasteiger partial charge in [0, 0.05) is 6.42 Å². The average molecular weight is 363 g/mol. The van der Waals surface area contributed by atoms with Crippen LogP contribution in [0.25, 0.3) is 0 Å². The minimum absolute atomic E-state index is 0.826. The summed E-state index contributed by atoms with van der Waals surface area (Å²) in [6.45, 7) is 3.94. The molecule has 0 fully saturated rings. The van der Waals surface area contributed by atoms with Crippen molar-refractivity contribution in [3.63, 3.8) is 0 Å². The zero-order valence-corrected chi connectivity index (χ0v) is 16.6. The molecule has 3 heteroatoms. The Kier molecular flexibility index (Phi) is 7.64. The van der Waals surface area contributed by atoms with Crippen LogP contribution in [0.1, 0.15) is 62.3 Å². The van der Waals surface area contributed by atoms with Crippen LogP contribution in [-0.2, 0) is 19.5 Å². The first-order chi connectivity index (χ1) is 13.3. The number of nitrogens with zero attached hydrogens (tertiary/aromatic N) is 3. The van der Waals surface area contributed by atoms with Crippen LogP contribution in [0.3, 0.4) is 0 Å². The van der Waals surface area contributed by atoms with Crippen LogP contribution in [0.2, 0.25) is 0 Å². The Morgan fingerprint density at radius 3 is 2.11 bits per heavy atom. The van der Waals surface area contributed by atoms with Crippen molar-refractivity contribution in [2.45, 2.75) is 65.0 Å². The molecule has 3 rings (SSSR count). The molecule has 1 aromatic heterocycles. The highest BCUT2D eigenvalue weighted by atomic mass is 15.5. The fourth-order valence-corrected chi connectivity index (χ4v) is 3.48. The van der Waals surface area contributed by atoms with Crippen molar-refractivity contribution in [1.82, 2.24) is 9.90 Å². The third-order valence-electron chi connectivity index (χ3n) is 5.00. The van der Waals surface area contributed by atoms with E-state index in [0.29, 0.717) is 0 Å². The molecular formula is C24H32N3+. The highest BCUT2D eigenvalue weighted by Crippen LogP contribution is 2.11. The normalized spacial score (nSPS) is 11.0. The molecule has 0 spiro atoms. The van der Waals surface area contributed by atoms with Gasteiger partial charge in [-0.3, -0.25) is 0 Å². The number of aromatic nitrogens is 3. The van der Waals surface area contributed by atoms with Crippen LogP contribution in [0.5, 0.6) is 0 Å². The summed E-state index contributed by atoms with van der Waals surface area (Å²) in [6, 6.07) is 21.2. The van der Waals surface area contributed by atoms with Gasteiger partial charge in [-0.25, -0.2) is 0 Å². The van der Waals surface area contributed by atoms with Gasteiger partial charge in [-0.1, -0.05) is 99.7 Å². The molecule has 3 nitrogen and oxygen atoms in total. The Hall–Kier alpha value is -2.42. The van der Waals surface area contributed by atoms with Crippen LogP contribution in [0.15, 0.2) is 66.9 Å². The van der Waals surface area contributed by atoms with Gasteiger partial charge in [-0.2, -0.15) is 0 Å². The van der Waals surface area contributed by atoms with Crippen molar-refractivity contribution >= 4 is 0 Å². The van der Waals surface area contributed by atoms with E-state index in [9.17, 15) is 0 Å². The molecule has 0 N–H and O–H groups in total. The quantitative estimate of drug-likeness (QED) is 0.341. The lowest BCUT2D eigenvalue weighted by Gasteiger charge is -2.01. The topological polar surface area (TPSA) is 21.7 Å². The van der Waals surface area contributed by atoms with Crippen LogP contribution in [0.4, 0.5) is 0 Å². The summed E-state index contributed by atoms with van der Waals surface area (Å²) in [5.74, 6) is 0. The summed E-state index contributed by atoms with van der Waals surface area (Å²) >= 11 is 0. The zero-order chi connectivity index (χ0) is 18.7. The van der Waals surface area contributed by atoms with Crippen molar-refractivity contribution in [3.8, 4) is 0 Å². The van der Waals surface area contributed by atoms with Crippen molar-refractivity contribution < 1.29 is 4.68 Å². The maximum absolute atomic E-state index is 4.86. The van der Waals surface area contributed by atoms with Gasteiger partial charge in [0.2, 0.25) is 0 Å². The third-order valence-corrected chi connectivity index (χ3v) is 5.00. The Morgan fingerprint density at radius 2 is 1.41 bits per heavy atom. The Labute approximate surface area is 163 Å². The van der Waals surface area contributed by atoms with Crippen LogP contribution < -0.4 is 4.68 Å². The molecule has 0 aliphatic rings. The SMILES string of the molecule is CCCCCCCCc1c[n+](Cc2ccccc2)nn1Cc1ccccc1. The van der Waals surface area contributed by atoms with Gasteiger partial charge >= 0.3 is 0 Å². The fourth-order valence-electron chi connectivity index (χ4n) is 3.48. The molecule has 0 saturated heterocycles. The van der Waals surface area contributed by atoms with Gasteiger partial charge in [0.05, 0.1) is 5.21 Å². The number of hydrogen-bond donors (Lipinski definition) is 0. The maximum atomic E-state index is 4.86. The Bertz CT molecular complexity index is 778. The highest BCUT2D eigenvalue weighted by Gasteiger charge is 2.16. The number of rotatable bonds is 11. The van der Waals surface area contributed by atoms with E-state index in [4.69, 9.17) is 5.21 Å². The number of benzene rings is 2. The number of unbranched alkanes of at least 4 members (excludes halogenated alkanes) is 5. The van der Waals surface area contributed by atoms with E-state index in [1.165, 1.54) is 55.3 Å². The minimum Gasteiger partial charge on any atom is -0.133 e. The number of aryl methyl sites for hydroxylation is 1. The monoisotopic (exact) mass is 362 g/mol. The van der Waals surface area contributed by atoms with Gasteiger partial charge < -0.3 is 0 Å². The maximum Gasteiger partial charge on any atom is 0.168 e. The average Bonchev–Trinajstić information content (AvgIpc) is 3.07.